The Labute approximate surface area is 115 Å². The van der Waals surface area contributed by atoms with Crippen LogP contribution in [-0.4, -0.2) is 41.1 Å². The Kier molecular flexibility index (Phi) is 4.39. The fourth-order valence-corrected chi connectivity index (χ4v) is 2.03. The molecule has 1 saturated heterocycles. The summed E-state index contributed by atoms with van der Waals surface area (Å²) in [6.07, 6.45) is -0.490. The van der Waals surface area contributed by atoms with Crippen molar-refractivity contribution >= 4 is 23.4 Å². The molecule has 1 aliphatic rings. The molecule has 1 unspecified atom stereocenters. The smallest absolute Gasteiger partial charge is 0.229 e. The average Bonchev–Trinajstić information content (AvgIpc) is 2.70. The van der Waals surface area contributed by atoms with Crippen molar-refractivity contribution in [2.24, 2.45) is 0 Å². The lowest BCUT2D eigenvalue weighted by atomic mass is 10.3. The van der Waals surface area contributed by atoms with E-state index in [9.17, 15) is 14.7 Å². The van der Waals surface area contributed by atoms with Crippen LogP contribution >= 0.6 is 11.6 Å². The molecule has 1 N–H and O–H groups in total. The minimum absolute atomic E-state index is 0.0270. The minimum atomic E-state index is -0.928. The summed E-state index contributed by atoms with van der Waals surface area (Å²) in [7, 11) is 0. The molecule has 0 saturated carbocycles. The first-order chi connectivity index (χ1) is 9.08. The number of aliphatic hydroxyl groups excluding tert-OH is 1. The van der Waals surface area contributed by atoms with Crippen molar-refractivity contribution in [1.29, 1.82) is 0 Å². The van der Waals surface area contributed by atoms with Crippen molar-refractivity contribution in [3.63, 3.8) is 0 Å². The summed E-state index contributed by atoms with van der Waals surface area (Å²) in [6, 6.07) is 6.90. The molecule has 19 heavy (non-hydrogen) atoms. The van der Waals surface area contributed by atoms with Crippen LogP contribution in [0.15, 0.2) is 24.3 Å². The van der Waals surface area contributed by atoms with E-state index in [1.807, 2.05) is 0 Å². The molecule has 0 spiro atoms. The summed E-state index contributed by atoms with van der Waals surface area (Å²) in [5.41, 5.74) is 0. The second-order valence-electron chi connectivity index (χ2n) is 4.29. The molecule has 2 rings (SSSR count). The van der Waals surface area contributed by atoms with Crippen LogP contribution in [0, 0.1) is 0 Å². The number of hydrogen-bond donors (Lipinski definition) is 1. The molecule has 1 fully saturated rings. The topological polar surface area (TPSA) is 66.8 Å². The standard InChI is InChI=1S/C13H14ClNO4/c14-10-3-1-2-4-11(10)19-8-9(16)7-15-12(17)5-6-13(15)18/h1-4,9,16H,5-8H2. The van der Waals surface area contributed by atoms with Gasteiger partial charge in [-0.2, -0.15) is 0 Å². The summed E-state index contributed by atoms with van der Waals surface area (Å²) in [6.45, 7) is -0.0666. The number of amides is 2. The number of β-amino-alcohol motifs (C(OH)–C–C–N with tert-alkyl or cyclic N) is 1. The molecule has 1 aromatic carbocycles. The Bertz CT molecular complexity index is 475. The number of benzene rings is 1. The first kappa shape index (κ1) is 13.8. The van der Waals surface area contributed by atoms with Gasteiger partial charge in [-0.3, -0.25) is 14.5 Å². The van der Waals surface area contributed by atoms with Crippen molar-refractivity contribution in [2.45, 2.75) is 18.9 Å². The average molecular weight is 284 g/mol. The molecule has 1 heterocycles. The summed E-state index contributed by atoms with van der Waals surface area (Å²) < 4.78 is 5.35. The summed E-state index contributed by atoms with van der Waals surface area (Å²) in [5, 5.41) is 10.2. The van der Waals surface area contributed by atoms with Gasteiger partial charge in [-0.25, -0.2) is 0 Å². The van der Waals surface area contributed by atoms with Gasteiger partial charge in [-0.1, -0.05) is 23.7 Å². The maximum atomic E-state index is 11.4. The Morgan fingerprint density at radius 3 is 2.53 bits per heavy atom. The van der Waals surface area contributed by atoms with E-state index in [0.29, 0.717) is 10.8 Å². The quantitative estimate of drug-likeness (QED) is 0.826. The highest BCUT2D eigenvalue weighted by molar-refractivity contribution is 6.32. The van der Waals surface area contributed by atoms with Gasteiger partial charge >= 0.3 is 0 Å². The van der Waals surface area contributed by atoms with Gasteiger partial charge in [0.1, 0.15) is 18.5 Å². The maximum absolute atomic E-state index is 11.4. The molecule has 1 aromatic rings. The number of para-hydroxylation sites is 1. The van der Waals surface area contributed by atoms with E-state index in [1.165, 1.54) is 0 Å². The highest BCUT2D eigenvalue weighted by Gasteiger charge is 2.30. The number of rotatable bonds is 5. The summed E-state index contributed by atoms with van der Waals surface area (Å²) in [4.78, 5) is 23.8. The normalized spacial score (nSPS) is 16.8. The van der Waals surface area contributed by atoms with Crippen molar-refractivity contribution < 1.29 is 19.4 Å². The lowest BCUT2D eigenvalue weighted by molar-refractivity contribution is -0.140. The van der Waals surface area contributed by atoms with Crippen molar-refractivity contribution in [2.75, 3.05) is 13.2 Å². The molecular weight excluding hydrogens is 270 g/mol. The van der Waals surface area contributed by atoms with Crippen molar-refractivity contribution in [1.82, 2.24) is 4.90 Å². The lowest BCUT2D eigenvalue weighted by Gasteiger charge is -2.19. The van der Waals surface area contributed by atoms with Crippen molar-refractivity contribution in [3.05, 3.63) is 29.3 Å². The van der Waals surface area contributed by atoms with Crippen molar-refractivity contribution in [3.8, 4) is 5.75 Å². The SMILES string of the molecule is O=C1CCC(=O)N1CC(O)COc1ccccc1Cl. The summed E-state index contributed by atoms with van der Waals surface area (Å²) >= 11 is 5.90. The Balaban J connectivity index is 1.85. The molecule has 102 valence electrons. The zero-order valence-corrected chi connectivity index (χ0v) is 11.0. The third-order valence-electron chi connectivity index (χ3n) is 2.82. The van der Waals surface area contributed by atoms with E-state index in [4.69, 9.17) is 16.3 Å². The van der Waals surface area contributed by atoms with E-state index in [-0.39, 0.29) is 37.8 Å². The van der Waals surface area contributed by atoms with E-state index in [2.05, 4.69) is 0 Å². The molecular formula is C13H14ClNO4. The van der Waals surface area contributed by atoms with Gasteiger partial charge in [0.25, 0.3) is 0 Å². The first-order valence-corrected chi connectivity index (χ1v) is 6.34. The number of nitrogens with zero attached hydrogens (tertiary/aromatic N) is 1. The highest BCUT2D eigenvalue weighted by atomic mass is 35.5. The van der Waals surface area contributed by atoms with E-state index in [0.717, 1.165) is 4.90 Å². The molecule has 6 heteroatoms. The summed E-state index contributed by atoms with van der Waals surface area (Å²) in [5.74, 6) is -0.0362. The predicted molar refractivity (Wildman–Crippen MR) is 68.9 cm³/mol. The number of imide groups is 1. The fourth-order valence-electron chi connectivity index (χ4n) is 1.84. The van der Waals surface area contributed by atoms with E-state index >= 15 is 0 Å². The van der Waals surface area contributed by atoms with E-state index < -0.39 is 6.10 Å². The van der Waals surface area contributed by atoms with Gasteiger partial charge in [0, 0.05) is 12.8 Å². The number of halogens is 1. The van der Waals surface area contributed by atoms with Gasteiger partial charge in [-0.05, 0) is 12.1 Å². The number of ether oxygens (including phenoxy) is 1. The van der Waals surface area contributed by atoms with Crippen LogP contribution in [0.1, 0.15) is 12.8 Å². The largest absolute Gasteiger partial charge is 0.489 e. The van der Waals surface area contributed by atoms with Crippen LogP contribution in [0.5, 0.6) is 5.75 Å². The van der Waals surface area contributed by atoms with E-state index in [1.54, 1.807) is 24.3 Å². The van der Waals surface area contributed by atoms with Crippen LogP contribution in [0.2, 0.25) is 5.02 Å². The third kappa shape index (κ3) is 3.45. The minimum Gasteiger partial charge on any atom is -0.489 e. The molecule has 0 aliphatic carbocycles. The van der Waals surface area contributed by atoms with Crippen LogP contribution in [0.4, 0.5) is 0 Å². The number of aliphatic hydroxyl groups is 1. The first-order valence-electron chi connectivity index (χ1n) is 5.96. The van der Waals surface area contributed by atoms with Gasteiger partial charge in [0.05, 0.1) is 11.6 Å². The maximum Gasteiger partial charge on any atom is 0.229 e. The van der Waals surface area contributed by atoms with Crippen LogP contribution < -0.4 is 4.74 Å². The zero-order chi connectivity index (χ0) is 13.8. The molecule has 2 amide bonds. The molecule has 0 radical (unpaired) electrons. The number of likely N-dealkylation sites (tertiary alicyclic amines) is 1. The molecule has 1 atom stereocenters. The Hall–Kier alpha value is -1.59. The monoisotopic (exact) mass is 283 g/mol. The van der Waals surface area contributed by atoms with Gasteiger partial charge in [0.2, 0.25) is 11.8 Å². The predicted octanol–water partition coefficient (Wildman–Crippen LogP) is 1.23. The Morgan fingerprint density at radius 2 is 1.89 bits per heavy atom. The molecule has 0 bridgehead atoms. The molecule has 5 nitrogen and oxygen atoms in total. The lowest BCUT2D eigenvalue weighted by Crippen LogP contribution is -2.38. The van der Waals surface area contributed by atoms with Crippen LogP contribution in [-0.2, 0) is 9.59 Å². The number of carbonyl (C=O) groups is 2. The third-order valence-corrected chi connectivity index (χ3v) is 3.13. The number of carbonyl (C=O) groups excluding carboxylic acids is 2. The zero-order valence-electron chi connectivity index (χ0n) is 10.2. The fraction of sp³-hybridized carbons (Fsp3) is 0.385. The highest BCUT2D eigenvalue weighted by Crippen LogP contribution is 2.23. The second kappa shape index (κ2) is 6.04. The van der Waals surface area contributed by atoms with Gasteiger partial charge in [-0.15, -0.1) is 0 Å². The van der Waals surface area contributed by atoms with Crippen LogP contribution in [0.25, 0.3) is 0 Å². The van der Waals surface area contributed by atoms with Gasteiger partial charge < -0.3 is 9.84 Å². The van der Waals surface area contributed by atoms with Crippen LogP contribution in [0.3, 0.4) is 0 Å². The molecule has 0 aromatic heterocycles. The Morgan fingerprint density at radius 1 is 1.26 bits per heavy atom. The second-order valence-corrected chi connectivity index (χ2v) is 4.70. The van der Waals surface area contributed by atoms with Gasteiger partial charge in [0.15, 0.2) is 0 Å². The number of hydrogen-bond acceptors (Lipinski definition) is 4. The molecule has 1 aliphatic heterocycles.